The van der Waals surface area contributed by atoms with Gasteiger partial charge in [0.25, 0.3) is 0 Å². The van der Waals surface area contributed by atoms with E-state index in [1.807, 2.05) is 60.7 Å². The molecule has 1 heterocycles. The average Bonchev–Trinajstić information content (AvgIpc) is 3.04. The molecule has 1 fully saturated rings. The molecule has 0 bridgehead atoms. The first-order valence-corrected chi connectivity index (χ1v) is 8.46. The highest BCUT2D eigenvalue weighted by Crippen LogP contribution is 2.56. The van der Waals surface area contributed by atoms with Crippen LogP contribution in [0.15, 0.2) is 73.3 Å². The first-order chi connectivity index (χ1) is 12.7. The van der Waals surface area contributed by atoms with Gasteiger partial charge in [0.15, 0.2) is 5.41 Å². The fraction of sp³-hybridized carbons (Fsp3) is 0.273. The third kappa shape index (κ3) is 2.91. The zero-order chi connectivity index (χ0) is 18.5. The maximum atomic E-state index is 9.98. The molecule has 1 aliphatic heterocycles. The van der Waals surface area contributed by atoms with Crippen LogP contribution in [0.25, 0.3) is 0 Å². The van der Waals surface area contributed by atoms with Crippen LogP contribution in [0.4, 0.5) is 0 Å². The third-order valence-corrected chi connectivity index (χ3v) is 5.00. The number of hydrogen-bond acceptors (Lipinski definition) is 4. The minimum atomic E-state index is -1.40. The van der Waals surface area contributed by atoms with Crippen LogP contribution in [-0.2, 0) is 16.1 Å². The second-order valence-corrected chi connectivity index (χ2v) is 6.47. The molecule has 2 aromatic rings. The third-order valence-electron chi connectivity index (χ3n) is 5.00. The van der Waals surface area contributed by atoms with Gasteiger partial charge < -0.3 is 9.47 Å². The first-order valence-electron chi connectivity index (χ1n) is 8.46. The van der Waals surface area contributed by atoms with Gasteiger partial charge in [-0.15, -0.1) is 6.58 Å². The van der Waals surface area contributed by atoms with Crippen molar-refractivity contribution in [3.05, 3.63) is 84.4 Å². The highest BCUT2D eigenvalue weighted by atomic mass is 16.5. The zero-order valence-electron chi connectivity index (χ0n) is 14.5. The lowest BCUT2D eigenvalue weighted by Crippen LogP contribution is -2.42. The molecule has 0 N–H and O–H groups in total. The minimum absolute atomic E-state index is 0.190. The van der Waals surface area contributed by atoms with E-state index in [-0.39, 0.29) is 13.2 Å². The summed E-state index contributed by atoms with van der Waals surface area (Å²) in [6, 6.07) is 23.6. The van der Waals surface area contributed by atoms with E-state index in [1.54, 1.807) is 6.08 Å². The zero-order valence-corrected chi connectivity index (χ0v) is 14.5. The summed E-state index contributed by atoms with van der Waals surface area (Å²) in [7, 11) is 0. The molecule has 130 valence electrons. The summed E-state index contributed by atoms with van der Waals surface area (Å²) in [6.45, 7) is 4.70. The van der Waals surface area contributed by atoms with Gasteiger partial charge in [0.2, 0.25) is 0 Å². The molecule has 0 radical (unpaired) electrons. The predicted octanol–water partition coefficient (Wildman–Crippen LogP) is 4.18. The van der Waals surface area contributed by atoms with E-state index >= 15 is 0 Å². The molecule has 3 rings (SSSR count). The Bertz CT molecular complexity index is 822. The van der Waals surface area contributed by atoms with Crippen molar-refractivity contribution in [2.75, 3.05) is 13.2 Å². The fourth-order valence-corrected chi connectivity index (χ4v) is 3.43. The van der Waals surface area contributed by atoms with Gasteiger partial charge in [0.05, 0.1) is 37.4 Å². The Labute approximate surface area is 153 Å². The summed E-state index contributed by atoms with van der Waals surface area (Å²) in [5, 5.41) is 20.0. The Morgan fingerprint density at radius 2 is 1.69 bits per heavy atom. The van der Waals surface area contributed by atoms with Crippen molar-refractivity contribution in [2.45, 2.75) is 12.7 Å². The standard InChI is InChI=1S/C22H20N2O2/c1-2-21(16-25-13-18-9-5-3-6-10-18)17-26-20(22(21,14-23)15-24)19-11-7-4-8-12-19/h2-12,20H,1,13,16-17H2/t20-,21-/m1/s1. The number of hydrogen-bond donors (Lipinski definition) is 0. The maximum absolute atomic E-state index is 9.98. The summed E-state index contributed by atoms with van der Waals surface area (Å²) in [6.07, 6.45) is 1.00. The quantitative estimate of drug-likeness (QED) is 0.737. The van der Waals surface area contributed by atoms with Crippen LogP contribution in [0.1, 0.15) is 17.2 Å². The van der Waals surface area contributed by atoms with Crippen LogP contribution in [0.2, 0.25) is 0 Å². The molecule has 1 aliphatic rings. The van der Waals surface area contributed by atoms with Crippen molar-refractivity contribution in [1.29, 1.82) is 10.5 Å². The number of nitrogens with zero attached hydrogens (tertiary/aromatic N) is 2. The molecule has 2 atom stereocenters. The van der Waals surface area contributed by atoms with Crippen molar-refractivity contribution in [3.8, 4) is 12.1 Å². The molecular weight excluding hydrogens is 324 g/mol. The van der Waals surface area contributed by atoms with Crippen LogP contribution in [0, 0.1) is 33.5 Å². The highest BCUT2D eigenvalue weighted by molar-refractivity contribution is 5.37. The van der Waals surface area contributed by atoms with Crippen LogP contribution in [0.5, 0.6) is 0 Å². The maximum Gasteiger partial charge on any atom is 0.187 e. The van der Waals surface area contributed by atoms with E-state index in [9.17, 15) is 10.5 Å². The van der Waals surface area contributed by atoms with Gasteiger partial charge in [0.1, 0.15) is 6.10 Å². The van der Waals surface area contributed by atoms with Gasteiger partial charge in [-0.2, -0.15) is 10.5 Å². The summed E-state index contributed by atoms with van der Waals surface area (Å²) in [4.78, 5) is 0. The predicted molar refractivity (Wildman–Crippen MR) is 97.5 cm³/mol. The van der Waals surface area contributed by atoms with Crippen LogP contribution < -0.4 is 0 Å². The summed E-state index contributed by atoms with van der Waals surface area (Å²) < 4.78 is 11.8. The fourth-order valence-electron chi connectivity index (χ4n) is 3.43. The number of nitriles is 2. The summed E-state index contributed by atoms with van der Waals surface area (Å²) in [5.41, 5.74) is -0.453. The van der Waals surface area contributed by atoms with Gasteiger partial charge >= 0.3 is 0 Å². The van der Waals surface area contributed by atoms with Gasteiger partial charge in [-0.25, -0.2) is 0 Å². The van der Waals surface area contributed by atoms with Crippen molar-refractivity contribution in [1.82, 2.24) is 0 Å². The molecule has 0 aromatic heterocycles. The lowest BCUT2D eigenvalue weighted by molar-refractivity contribution is 0.0334. The molecule has 26 heavy (non-hydrogen) atoms. The van der Waals surface area contributed by atoms with E-state index in [4.69, 9.17) is 9.47 Å². The molecule has 0 spiro atoms. The van der Waals surface area contributed by atoms with E-state index in [0.29, 0.717) is 6.61 Å². The van der Waals surface area contributed by atoms with Crippen molar-refractivity contribution in [2.24, 2.45) is 10.8 Å². The van der Waals surface area contributed by atoms with Crippen LogP contribution in [-0.4, -0.2) is 13.2 Å². The van der Waals surface area contributed by atoms with Crippen molar-refractivity contribution >= 4 is 0 Å². The number of rotatable bonds is 6. The average molecular weight is 344 g/mol. The van der Waals surface area contributed by atoms with E-state index in [2.05, 4.69) is 18.7 Å². The molecule has 0 saturated carbocycles. The lowest BCUT2D eigenvalue weighted by Gasteiger charge is -2.34. The first kappa shape index (κ1) is 17.9. The van der Waals surface area contributed by atoms with Gasteiger partial charge in [-0.1, -0.05) is 66.7 Å². The van der Waals surface area contributed by atoms with Crippen molar-refractivity contribution < 1.29 is 9.47 Å². The van der Waals surface area contributed by atoms with E-state index < -0.39 is 16.9 Å². The van der Waals surface area contributed by atoms with Crippen LogP contribution in [0.3, 0.4) is 0 Å². The minimum Gasteiger partial charge on any atom is -0.376 e. The highest BCUT2D eigenvalue weighted by Gasteiger charge is 2.62. The molecule has 0 amide bonds. The summed E-state index contributed by atoms with van der Waals surface area (Å²) in [5.74, 6) is 0. The lowest BCUT2D eigenvalue weighted by atomic mass is 9.63. The monoisotopic (exact) mass is 344 g/mol. The largest absolute Gasteiger partial charge is 0.376 e. The van der Waals surface area contributed by atoms with Crippen molar-refractivity contribution in [3.63, 3.8) is 0 Å². The topological polar surface area (TPSA) is 66.0 Å². The molecule has 0 unspecified atom stereocenters. The molecular formula is C22H20N2O2. The molecule has 0 aliphatic carbocycles. The van der Waals surface area contributed by atoms with E-state index in [1.165, 1.54) is 0 Å². The Hall–Kier alpha value is -2.92. The van der Waals surface area contributed by atoms with Gasteiger partial charge in [0, 0.05) is 0 Å². The molecule has 2 aromatic carbocycles. The SMILES string of the molecule is C=C[C@@]1(COCc2ccccc2)CO[C@H](c2ccccc2)C1(C#N)C#N. The smallest absolute Gasteiger partial charge is 0.187 e. The Morgan fingerprint density at radius 1 is 1.08 bits per heavy atom. The number of benzene rings is 2. The Kier molecular flexibility index (Phi) is 5.19. The van der Waals surface area contributed by atoms with Gasteiger partial charge in [-0.3, -0.25) is 0 Å². The second kappa shape index (κ2) is 7.54. The summed E-state index contributed by atoms with van der Waals surface area (Å²) >= 11 is 0. The normalized spacial score (nSPS) is 23.7. The Morgan fingerprint density at radius 3 is 2.27 bits per heavy atom. The van der Waals surface area contributed by atoms with Crippen LogP contribution >= 0.6 is 0 Å². The molecule has 4 nitrogen and oxygen atoms in total. The van der Waals surface area contributed by atoms with Gasteiger partial charge in [-0.05, 0) is 11.1 Å². The molecule has 4 heteroatoms. The number of ether oxygens (including phenoxy) is 2. The molecule has 1 saturated heterocycles. The second-order valence-electron chi connectivity index (χ2n) is 6.47. The van der Waals surface area contributed by atoms with E-state index in [0.717, 1.165) is 11.1 Å². The Balaban J connectivity index is 1.87.